The predicted octanol–water partition coefficient (Wildman–Crippen LogP) is 9.80. The van der Waals surface area contributed by atoms with E-state index in [9.17, 15) is 9.79 Å². The smallest absolute Gasteiger partial charge is 0.391 e. The Kier molecular flexibility index (Phi) is 8.32. The average molecular weight is 535 g/mol. The van der Waals surface area contributed by atoms with Crippen LogP contribution in [0.4, 0.5) is 0 Å². The molecule has 0 saturated carbocycles. The molecule has 0 atom stereocenters. The van der Waals surface area contributed by atoms with E-state index in [2.05, 4.69) is 132 Å². The minimum atomic E-state index is -2.58. The maximum Gasteiger partial charge on any atom is 0.391 e. The molecule has 38 heavy (non-hydrogen) atoms. The summed E-state index contributed by atoms with van der Waals surface area (Å²) in [6.45, 7) is 26.5. The summed E-state index contributed by atoms with van der Waals surface area (Å²) >= 11 is 0. The Morgan fingerprint density at radius 2 is 0.921 bits per heavy atom. The second kappa shape index (κ2) is 10.4. The molecule has 0 fully saturated rings. The molecule has 206 valence electrons. The minimum Gasteiger partial charge on any atom is -0.427 e. The summed E-state index contributed by atoms with van der Waals surface area (Å²) in [5.74, 6) is 0.520. The molecule has 0 bridgehead atoms. The molecule has 0 unspecified atom stereocenters. The quantitative estimate of drug-likeness (QED) is 0.328. The van der Waals surface area contributed by atoms with Crippen molar-refractivity contribution in [3.63, 3.8) is 0 Å². The van der Waals surface area contributed by atoms with E-state index >= 15 is 0 Å². The highest BCUT2D eigenvalue weighted by Gasteiger charge is 2.34. The summed E-state index contributed by atoms with van der Waals surface area (Å²) < 4.78 is 5.80. The van der Waals surface area contributed by atoms with E-state index in [1.165, 1.54) is 16.7 Å². The van der Waals surface area contributed by atoms with Gasteiger partial charge < -0.3 is 14.3 Å². The number of hydrogen-bond donors (Lipinski definition) is 2. The van der Waals surface area contributed by atoms with Crippen LogP contribution >= 0.6 is 8.60 Å². The van der Waals surface area contributed by atoms with Gasteiger partial charge in [-0.05, 0) is 66.7 Å². The van der Waals surface area contributed by atoms with Gasteiger partial charge in [0.2, 0.25) is 0 Å². The monoisotopic (exact) mass is 534 g/mol. The molecule has 0 aliphatic heterocycles. The average Bonchev–Trinajstić information content (AvgIpc) is 2.75. The number of benzene rings is 3. The first-order valence-corrected chi connectivity index (χ1v) is 14.7. The zero-order valence-electron chi connectivity index (χ0n) is 25.4. The van der Waals surface area contributed by atoms with Crippen LogP contribution in [0.15, 0.2) is 54.6 Å². The number of hydrogen-bond acceptors (Lipinski definition) is 3. The molecule has 0 amide bonds. The molecule has 2 N–H and O–H groups in total. The maximum atomic E-state index is 10.00. The molecule has 0 aromatic heterocycles. The molecule has 4 heteroatoms. The Morgan fingerprint density at radius 3 is 1.26 bits per heavy atom. The van der Waals surface area contributed by atoms with Gasteiger partial charge in [-0.25, -0.2) is 0 Å². The van der Waals surface area contributed by atoms with Gasteiger partial charge >= 0.3 is 8.60 Å². The summed E-state index contributed by atoms with van der Waals surface area (Å²) in [6.07, 6.45) is 0. The van der Waals surface area contributed by atoms with Gasteiger partial charge in [0.25, 0.3) is 0 Å². The van der Waals surface area contributed by atoms with Crippen molar-refractivity contribution in [3.8, 4) is 28.0 Å². The maximum absolute atomic E-state index is 10.00. The molecule has 0 saturated heterocycles. The summed E-state index contributed by atoms with van der Waals surface area (Å²) in [5.41, 5.74) is 8.69. The lowest BCUT2D eigenvalue weighted by atomic mass is 9.70. The minimum absolute atomic E-state index is 0.0484. The normalized spacial score (nSPS) is 13.2. The van der Waals surface area contributed by atoms with Crippen molar-refractivity contribution in [2.75, 3.05) is 0 Å². The van der Waals surface area contributed by atoms with E-state index in [-0.39, 0.29) is 21.7 Å². The largest absolute Gasteiger partial charge is 0.427 e. The fraction of sp³-hybridized carbons (Fsp3) is 0.471. The molecule has 0 spiro atoms. The molecule has 3 aromatic carbocycles. The molecule has 0 aliphatic carbocycles. The highest BCUT2D eigenvalue weighted by atomic mass is 31.2. The van der Waals surface area contributed by atoms with Crippen LogP contribution in [0.1, 0.15) is 105 Å². The van der Waals surface area contributed by atoms with Gasteiger partial charge in [0.15, 0.2) is 0 Å². The zero-order valence-corrected chi connectivity index (χ0v) is 26.3. The summed E-state index contributed by atoms with van der Waals surface area (Å²) in [4.78, 5) is 20.0. The Labute approximate surface area is 232 Å². The third-order valence-electron chi connectivity index (χ3n) is 7.07. The van der Waals surface area contributed by atoms with E-state index < -0.39 is 8.60 Å². The van der Waals surface area contributed by atoms with Crippen LogP contribution in [0, 0.1) is 0 Å². The molecule has 0 radical (unpaired) electrons. The SMILES string of the molecule is CC(C)(C)c1ccc(-c2cc(OP(O)O)c(C(C)(C)C)c(-c3ccc(C(C)(C)C)cc3)c2C(C)(C)C)cc1. The van der Waals surface area contributed by atoms with Gasteiger partial charge in [0.1, 0.15) is 5.75 Å². The van der Waals surface area contributed by atoms with Crippen molar-refractivity contribution in [1.82, 2.24) is 0 Å². The van der Waals surface area contributed by atoms with Gasteiger partial charge in [-0.15, -0.1) is 0 Å². The molecule has 3 nitrogen and oxygen atoms in total. The van der Waals surface area contributed by atoms with Crippen LogP contribution in [0.3, 0.4) is 0 Å². The first-order valence-electron chi connectivity index (χ1n) is 13.5. The van der Waals surface area contributed by atoms with Crippen LogP contribution in [0.5, 0.6) is 5.75 Å². The van der Waals surface area contributed by atoms with E-state index in [0.29, 0.717) is 5.75 Å². The first-order chi connectivity index (χ1) is 17.2. The van der Waals surface area contributed by atoms with E-state index in [1.54, 1.807) is 0 Å². The van der Waals surface area contributed by atoms with Gasteiger partial charge in [-0.3, -0.25) is 0 Å². The fourth-order valence-electron chi connectivity index (χ4n) is 5.14. The van der Waals surface area contributed by atoms with Crippen molar-refractivity contribution >= 4 is 8.60 Å². The Bertz CT molecular complexity index is 1260. The molecular weight excluding hydrogens is 487 g/mol. The van der Waals surface area contributed by atoms with Gasteiger partial charge in [0.05, 0.1) is 0 Å². The Hall–Kier alpha value is -2.19. The summed E-state index contributed by atoms with van der Waals surface area (Å²) in [6, 6.07) is 19.6. The third-order valence-corrected chi connectivity index (χ3v) is 7.43. The van der Waals surface area contributed by atoms with E-state index in [0.717, 1.165) is 27.8 Å². The van der Waals surface area contributed by atoms with Crippen molar-refractivity contribution in [2.45, 2.75) is 105 Å². The van der Waals surface area contributed by atoms with E-state index in [4.69, 9.17) is 4.52 Å². The fourth-order valence-corrected chi connectivity index (χ4v) is 5.46. The molecule has 0 heterocycles. The Morgan fingerprint density at radius 1 is 0.526 bits per heavy atom. The van der Waals surface area contributed by atoms with Crippen molar-refractivity contribution in [1.29, 1.82) is 0 Å². The van der Waals surface area contributed by atoms with Crippen LogP contribution in [-0.2, 0) is 21.7 Å². The van der Waals surface area contributed by atoms with Gasteiger partial charge in [-0.1, -0.05) is 132 Å². The van der Waals surface area contributed by atoms with Gasteiger partial charge in [0, 0.05) is 5.56 Å². The zero-order chi connectivity index (χ0) is 28.8. The van der Waals surface area contributed by atoms with Crippen molar-refractivity contribution < 1.29 is 14.3 Å². The topological polar surface area (TPSA) is 49.7 Å². The predicted molar refractivity (Wildman–Crippen MR) is 164 cm³/mol. The highest BCUT2D eigenvalue weighted by Crippen LogP contribution is 2.51. The Balaban J connectivity index is 2.49. The van der Waals surface area contributed by atoms with Gasteiger partial charge in [-0.2, -0.15) is 0 Å². The van der Waals surface area contributed by atoms with Crippen LogP contribution in [0.2, 0.25) is 0 Å². The second-order valence-electron chi connectivity index (χ2n) is 14.5. The summed E-state index contributed by atoms with van der Waals surface area (Å²) in [5, 5.41) is 0. The van der Waals surface area contributed by atoms with Crippen molar-refractivity contribution in [2.24, 2.45) is 0 Å². The molecule has 3 rings (SSSR count). The molecule has 0 aliphatic rings. The summed E-state index contributed by atoms with van der Waals surface area (Å²) in [7, 11) is -2.58. The van der Waals surface area contributed by atoms with E-state index in [1.807, 2.05) is 6.07 Å². The lowest BCUT2D eigenvalue weighted by Gasteiger charge is -2.34. The first kappa shape index (κ1) is 30.4. The van der Waals surface area contributed by atoms with Crippen LogP contribution in [0.25, 0.3) is 22.3 Å². The lowest BCUT2D eigenvalue weighted by molar-refractivity contribution is 0.370. The second-order valence-corrected chi connectivity index (χ2v) is 15.2. The standard InChI is InChI=1S/C34H47O3P/c1-31(2,3)24-17-13-22(14-18-24)26-21-27(37-38(35)36)30(34(10,11)12)28(29(26)33(7,8)9)23-15-19-25(20-16-23)32(4,5)6/h13-21,35-36H,1-12H3. The van der Waals surface area contributed by atoms with Crippen LogP contribution in [-0.4, -0.2) is 9.79 Å². The molecule has 3 aromatic rings. The highest BCUT2D eigenvalue weighted by molar-refractivity contribution is 7.39. The van der Waals surface area contributed by atoms with Crippen molar-refractivity contribution in [3.05, 3.63) is 76.9 Å². The lowest BCUT2D eigenvalue weighted by Crippen LogP contribution is -2.21. The third kappa shape index (κ3) is 6.68. The van der Waals surface area contributed by atoms with Crippen LogP contribution < -0.4 is 4.52 Å². The molecular formula is C34H47O3P. The number of rotatable bonds is 4.